The first kappa shape index (κ1) is 15.2. The number of amides is 1. The molecular formula is C14H20N4O3. The van der Waals surface area contributed by atoms with Gasteiger partial charge in [-0.25, -0.2) is 0 Å². The van der Waals surface area contributed by atoms with Crippen LogP contribution in [-0.2, 0) is 0 Å². The van der Waals surface area contributed by atoms with E-state index in [9.17, 15) is 14.9 Å². The summed E-state index contributed by atoms with van der Waals surface area (Å²) in [7, 11) is 5.29. The van der Waals surface area contributed by atoms with Crippen molar-refractivity contribution in [3.8, 4) is 0 Å². The van der Waals surface area contributed by atoms with Crippen LogP contribution in [-0.4, -0.2) is 68.0 Å². The molecule has 7 heteroatoms. The molecule has 1 fully saturated rings. The molecule has 0 saturated carbocycles. The highest BCUT2D eigenvalue weighted by Gasteiger charge is 2.24. The molecule has 114 valence electrons. The number of carbonyl (C=O) groups is 1. The third-order valence-corrected chi connectivity index (χ3v) is 3.67. The topological polar surface area (TPSA) is 69.9 Å². The third-order valence-electron chi connectivity index (χ3n) is 3.67. The zero-order valence-electron chi connectivity index (χ0n) is 12.6. The second-order valence-electron chi connectivity index (χ2n) is 5.45. The minimum absolute atomic E-state index is 0.00717. The number of rotatable bonds is 3. The quantitative estimate of drug-likeness (QED) is 0.615. The molecule has 1 saturated heterocycles. The summed E-state index contributed by atoms with van der Waals surface area (Å²) in [6, 6.07) is 4.71. The summed E-state index contributed by atoms with van der Waals surface area (Å²) < 4.78 is 0. The molecule has 21 heavy (non-hydrogen) atoms. The van der Waals surface area contributed by atoms with Gasteiger partial charge in [0.1, 0.15) is 5.69 Å². The van der Waals surface area contributed by atoms with Crippen molar-refractivity contribution >= 4 is 17.3 Å². The molecule has 0 unspecified atom stereocenters. The first-order chi connectivity index (χ1) is 9.90. The predicted octanol–water partition coefficient (Wildman–Crippen LogP) is 1.05. The molecule has 0 atom stereocenters. The molecule has 0 N–H and O–H groups in total. The van der Waals surface area contributed by atoms with Crippen molar-refractivity contribution in [3.05, 3.63) is 33.9 Å². The Labute approximate surface area is 123 Å². The van der Waals surface area contributed by atoms with Gasteiger partial charge in [-0.05, 0) is 19.2 Å². The smallest absolute Gasteiger partial charge is 0.293 e. The zero-order chi connectivity index (χ0) is 15.6. The van der Waals surface area contributed by atoms with E-state index in [1.807, 2.05) is 11.9 Å². The largest absolute Gasteiger partial charge is 0.363 e. The van der Waals surface area contributed by atoms with Crippen molar-refractivity contribution < 1.29 is 9.72 Å². The second-order valence-corrected chi connectivity index (χ2v) is 5.45. The van der Waals surface area contributed by atoms with Gasteiger partial charge in [0.2, 0.25) is 0 Å². The number of nitrogens with zero attached hydrogens (tertiary/aromatic N) is 4. The Morgan fingerprint density at radius 2 is 1.86 bits per heavy atom. The number of nitro benzene ring substituents is 1. The maximum atomic E-state index is 11.9. The standard InChI is InChI=1S/C14H20N4O3/c1-15(2)14(19)11-4-5-12(13(10-11)18(20)21)17-8-6-16(3)7-9-17/h4-5,10H,6-9H2,1-3H3. The Bertz CT molecular complexity index is 551. The lowest BCUT2D eigenvalue weighted by molar-refractivity contribution is -0.384. The lowest BCUT2D eigenvalue weighted by Crippen LogP contribution is -2.44. The van der Waals surface area contributed by atoms with Crippen LogP contribution < -0.4 is 4.90 Å². The van der Waals surface area contributed by atoms with Crippen LogP contribution in [0.3, 0.4) is 0 Å². The van der Waals surface area contributed by atoms with Gasteiger partial charge in [0, 0.05) is 51.9 Å². The summed E-state index contributed by atoms with van der Waals surface area (Å²) in [4.78, 5) is 28.4. The fourth-order valence-corrected chi connectivity index (χ4v) is 2.38. The highest BCUT2D eigenvalue weighted by molar-refractivity contribution is 5.95. The average Bonchev–Trinajstić information content (AvgIpc) is 2.46. The van der Waals surface area contributed by atoms with Gasteiger partial charge in [-0.1, -0.05) is 0 Å². The molecule has 0 spiro atoms. The van der Waals surface area contributed by atoms with Crippen LogP contribution in [0, 0.1) is 10.1 Å². The minimum Gasteiger partial charge on any atom is -0.363 e. The molecule has 7 nitrogen and oxygen atoms in total. The van der Waals surface area contributed by atoms with Gasteiger partial charge in [0.05, 0.1) is 4.92 Å². The Kier molecular flexibility index (Phi) is 4.42. The molecular weight excluding hydrogens is 272 g/mol. The van der Waals surface area contributed by atoms with E-state index < -0.39 is 4.92 Å². The van der Waals surface area contributed by atoms with Crippen LogP contribution in [0.4, 0.5) is 11.4 Å². The van der Waals surface area contributed by atoms with Gasteiger partial charge in [0.25, 0.3) is 11.6 Å². The summed E-state index contributed by atoms with van der Waals surface area (Å²) in [6.07, 6.45) is 0. The molecule has 1 aliphatic heterocycles. The minimum atomic E-state index is -0.417. The first-order valence-electron chi connectivity index (χ1n) is 6.83. The van der Waals surface area contributed by atoms with Crippen LogP contribution in [0.2, 0.25) is 0 Å². The molecule has 1 aromatic carbocycles. The Hall–Kier alpha value is -2.15. The van der Waals surface area contributed by atoms with Crippen molar-refractivity contribution in [1.82, 2.24) is 9.80 Å². The van der Waals surface area contributed by atoms with Gasteiger partial charge in [-0.2, -0.15) is 0 Å². The van der Waals surface area contributed by atoms with E-state index in [2.05, 4.69) is 4.90 Å². The number of anilines is 1. The number of hydrogen-bond donors (Lipinski definition) is 0. The van der Waals surface area contributed by atoms with Crippen molar-refractivity contribution in [1.29, 1.82) is 0 Å². The number of carbonyl (C=O) groups excluding carboxylic acids is 1. The van der Waals surface area contributed by atoms with Crippen molar-refractivity contribution in [2.24, 2.45) is 0 Å². The SMILES string of the molecule is CN1CCN(c2ccc(C(=O)N(C)C)cc2[N+](=O)[O-])CC1. The van der Waals surface area contributed by atoms with E-state index in [1.165, 1.54) is 11.0 Å². The Balaban J connectivity index is 2.34. The average molecular weight is 292 g/mol. The summed E-state index contributed by atoms with van der Waals surface area (Å²) in [5.41, 5.74) is 0.917. The fourth-order valence-electron chi connectivity index (χ4n) is 2.38. The Morgan fingerprint density at radius 3 is 2.38 bits per heavy atom. The molecule has 1 amide bonds. The van der Waals surface area contributed by atoms with Crippen LogP contribution in [0.15, 0.2) is 18.2 Å². The van der Waals surface area contributed by atoms with Crippen LogP contribution in [0.25, 0.3) is 0 Å². The normalized spacial score (nSPS) is 15.9. The van der Waals surface area contributed by atoms with E-state index in [4.69, 9.17) is 0 Å². The van der Waals surface area contributed by atoms with Gasteiger partial charge < -0.3 is 14.7 Å². The molecule has 1 aromatic rings. The molecule has 2 rings (SSSR count). The number of nitro groups is 1. The number of benzene rings is 1. The Morgan fingerprint density at radius 1 is 1.24 bits per heavy atom. The summed E-state index contributed by atoms with van der Waals surface area (Å²) in [5.74, 6) is -0.233. The maximum absolute atomic E-state index is 11.9. The van der Waals surface area contributed by atoms with Crippen LogP contribution in [0.1, 0.15) is 10.4 Å². The predicted molar refractivity (Wildman–Crippen MR) is 80.8 cm³/mol. The molecule has 0 aromatic heterocycles. The van der Waals surface area contributed by atoms with E-state index in [1.54, 1.807) is 26.2 Å². The highest BCUT2D eigenvalue weighted by atomic mass is 16.6. The van der Waals surface area contributed by atoms with Crippen LogP contribution >= 0.6 is 0 Å². The van der Waals surface area contributed by atoms with Gasteiger partial charge in [-0.3, -0.25) is 14.9 Å². The van der Waals surface area contributed by atoms with Gasteiger partial charge in [-0.15, -0.1) is 0 Å². The molecule has 0 bridgehead atoms. The molecule has 1 heterocycles. The summed E-state index contributed by atoms with van der Waals surface area (Å²) in [6.45, 7) is 3.24. The summed E-state index contributed by atoms with van der Waals surface area (Å²) >= 11 is 0. The monoisotopic (exact) mass is 292 g/mol. The van der Waals surface area contributed by atoms with Gasteiger partial charge >= 0.3 is 0 Å². The number of hydrogen-bond acceptors (Lipinski definition) is 5. The number of piperazine rings is 1. The fraction of sp³-hybridized carbons (Fsp3) is 0.500. The molecule has 1 aliphatic rings. The van der Waals surface area contributed by atoms with E-state index >= 15 is 0 Å². The van der Waals surface area contributed by atoms with Crippen molar-refractivity contribution in [3.63, 3.8) is 0 Å². The lowest BCUT2D eigenvalue weighted by atomic mass is 10.1. The molecule has 0 aliphatic carbocycles. The van der Waals surface area contributed by atoms with E-state index in [0.717, 1.165) is 26.2 Å². The van der Waals surface area contributed by atoms with Crippen LogP contribution in [0.5, 0.6) is 0 Å². The van der Waals surface area contributed by atoms with Crippen molar-refractivity contribution in [2.45, 2.75) is 0 Å². The molecule has 0 radical (unpaired) electrons. The highest BCUT2D eigenvalue weighted by Crippen LogP contribution is 2.30. The maximum Gasteiger partial charge on any atom is 0.293 e. The first-order valence-corrected chi connectivity index (χ1v) is 6.83. The lowest BCUT2D eigenvalue weighted by Gasteiger charge is -2.33. The van der Waals surface area contributed by atoms with Crippen molar-refractivity contribution in [2.75, 3.05) is 52.2 Å². The number of likely N-dealkylation sites (N-methyl/N-ethyl adjacent to an activating group) is 1. The van der Waals surface area contributed by atoms with Gasteiger partial charge in [0.15, 0.2) is 0 Å². The second kappa shape index (κ2) is 6.09. The third kappa shape index (κ3) is 3.30. The summed E-state index contributed by atoms with van der Waals surface area (Å²) in [5, 5.41) is 11.3. The van der Waals surface area contributed by atoms with E-state index in [0.29, 0.717) is 11.3 Å². The zero-order valence-corrected chi connectivity index (χ0v) is 12.6. The van der Waals surface area contributed by atoms with E-state index in [-0.39, 0.29) is 11.6 Å².